The van der Waals surface area contributed by atoms with E-state index < -0.39 is 14.9 Å². The molecule has 1 aliphatic heterocycles. The van der Waals surface area contributed by atoms with Gasteiger partial charge in [0.1, 0.15) is 5.69 Å². The maximum atomic E-state index is 12.9. The molecule has 0 bridgehead atoms. The number of nitrogens with one attached hydrogen (secondary N) is 1. The lowest BCUT2D eigenvalue weighted by Gasteiger charge is -2.26. The van der Waals surface area contributed by atoms with Gasteiger partial charge >= 0.3 is 0 Å². The first-order valence-electron chi connectivity index (χ1n) is 10.2. The van der Waals surface area contributed by atoms with E-state index in [0.717, 1.165) is 36.2 Å². The zero-order valence-corrected chi connectivity index (χ0v) is 18.7. The average molecular weight is 436 g/mol. The first kappa shape index (κ1) is 22.2. The molecule has 1 N–H and O–H groups in total. The predicted octanol–water partition coefficient (Wildman–Crippen LogP) is 3.68. The molecule has 1 fully saturated rings. The number of sulfonamides is 1. The van der Waals surface area contributed by atoms with Crippen LogP contribution in [0.25, 0.3) is 0 Å². The van der Waals surface area contributed by atoms with E-state index in [1.54, 1.807) is 4.68 Å². The molecule has 1 saturated heterocycles. The second kappa shape index (κ2) is 8.73. The molecule has 1 aliphatic rings. The number of nitro benzene ring substituents is 1. The van der Waals surface area contributed by atoms with Gasteiger partial charge in [0.15, 0.2) is 0 Å². The molecule has 164 valence electrons. The summed E-state index contributed by atoms with van der Waals surface area (Å²) in [6.07, 6.45) is 3.31. The minimum absolute atomic E-state index is 0.0385. The second-order valence-corrected chi connectivity index (χ2v) is 9.65. The number of nitro groups is 1. The molecule has 0 spiro atoms. The third kappa shape index (κ3) is 4.20. The van der Waals surface area contributed by atoms with Crippen LogP contribution in [0.2, 0.25) is 0 Å². The van der Waals surface area contributed by atoms with Crippen LogP contribution in [0.1, 0.15) is 55.6 Å². The Morgan fingerprint density at radius 1 is 1.23 bits per heavy atom. The molecule has 1 atom stereocenters. The summed E-state index contributed by atoms with van der Waals surface area (Å²) in [5, 5.41) is 19.4. The lowest BCUT2D eigenvalue weighted by atomic mass is 10.0. The molecule has 2 aromatic rings. The number of aromatic nitrogens is 2. The Kier molecular flexibility index (Phi) is 6.47. The van der Waals surface area contributed by atoms with Crippen molar-refractivity contribution in [3.05, 3.63) is 45.3 Å². The Labute approximate surface area is 177 Å². The van der Waals surface area contributed by atoms with Crippen molar-refractivity contribution < 1.29 is 13.3 Å². The summed E-state index contributed by atoms with van der Waals surface area (Å²) in [7, 11) is -1.88. The summed E-state index contributed by atoms with van der Waals surface area (Å²) in [5.41, 5.74) is 2.90. The van der Waals surface area contributed by atoms with Gasteiger partial charge in [0.25, 0.3) is 5.69 Å². The van der Waals surface area contributed by atoms with Crippen molar-refractivity contribution in [3.63, 3.8) is 0 Å². The Hall–Kier alpha value is -2.46. The van der Waals surface area contributed by atoms with Crippen LogP contribution < -0.4 is 5.32 Å². The number of hydrogen-bond acceptors (Lipinski definition) is 6. The van der Waals surface area contributed by atoms with Gasteiger partial charge in [0.05, 0.1) is 21.6 Å². The Balaban J connectivity index is 1.96. The first-order valence-corrected chi connectivity index (χ1v) is 11.7. The molecule has 30 heavy (non-hydrogen) atoms. The van der Waals surface area contributed by atoms with E-state index >= 15 is 0 Å². The average Bonchev–Trinajstić information content (AvgIpc) is 2.98. The van der Waals surface area contributed by atoms with E-state index in [-0.39, 0.29) is 16.6 Å². The van der Waals surface area contributed by atoms with Crippen molar-refractivity contribution in [2.24, 2.45) is 7.05 Å². The van der Waals surface area contributed by atoms with Gasteiger partial charge in [-0.25, -0.2) is 8.42 Å². The first-order chi connectivity index (χ1) is 14.2. The maximum absolute atomic E-state index is 12.9. The van der Waals surface area contributed by atoms with Crippen LogP contribution in [-0.2, 0) is 17.1 Å². The minimum atomic E-state index is -3.74. The lowest BCUT2D eigenvalue weighted by molar-refractivity contribution is -0.384. The standard InChI is InChI=1S/C20H29N5O4S/c1-5-17(20-14(2)22-23(4)15(20)3)21-18-10-9-16(13-19(18)25(26)27)30(28,29)24-11-7-6-8-12-24/h9-10,13,17,21H,5-8,11-12H2,1-4H3. The van der Waals surface area contributed by atoms with Crippen LogP contribution in [0.3, 0.4) is 0 Å². The highest BCUT2D eigenvalue weighted by Gasteiger charge is 2.29. The van der Waals surface area contributed by atoms with Gasteiger partial charge in [-0.2, -0.15) is 9.40 Å². The van der Waals surface area contributed by atoms with Crippen LogP contribution in [0.5, 0.6) is 0 Å². The maximum Gasteiger partial charge on any atom is 0.293 e. The molecule has 1 aromatic carbocycles. The van der Waals surface area contributed by atoms with E-state index in [4.69, 9.17) is 0 Å². The van der Waals surface area contributed by atoms with E-state index in [1.807, 2.05) is 27.8 Å². The number of anilines is 1. The fourth-order valence-electron chi connectivity index (χ4n) is 4.06. The van der Waals surface area contributed by atoms with Gasteiger partial charge in [0, 0.05) is 37.5 Å². The van der Waals surface area contributed by atoms with E-state index in [1.165, 1.54) is 22.5 Å². The molecule has 0 aliphatic carbocycles. The number of benzene rings is 1. The van der Waals surface area contributed by atoms with Crippen molar-refractivity contribution in [1.82, 2.24) is 14.1 Å². The van der Waals surface area contributed by atoms with Crippen LogP contribution in [-0.4, -0.2) is 40.5 Å². The molecule has 0 radical (unpaired) electrons. The van der Waals surface area contributed by atoms with E-state index in [0.29, 0.717) is 25.2 Å². The van der Waals surface area contributed by atoms with Gasteiger partial charge < -0.3 is 5.32 Å². The van der Waals surface area contributed by atoms with Crippen LogP contribution in [0.15, 0.2) is 23.1 Å². The third-order valence-corrected chi connectivity index (χ3v) is 7.66. The Morgan fingerprint density at radius 3 is 2.43 bits per heavy atom. The van der Waals surface area contributed by atoms with Crippen LogP contribution in [0, 0.1) is 24.0 Å². The smallest absolute Gasteiger partial charge is 0.293 e. The highest BCUT2D eigenvalue weighted by atomic mass is 32.2. The van der Waals surface area contributed by atoms with Gasteiger partial charge in [-0.3, -0.25) is 14.8 Å². The summed E-state index contributed by atoms with van der Waals surface area (Å²) < 4.78 is 29.1. The zero-order valence-electron chi connectivity index (χ0n) is 17.9. The molecule has 9 nitrogen and oxygen atoms in total. The highest BCUT2D eigenvalue weighted by molar-refractivity contribution is 7.89. The number of rotatable bonds is 7. The summed E-state index contributed by atoms with van der Waals surface area (Å²) >= 11 is 0. The van der Waals surface area contributed by atoms with Gasteiger partial charge in [0.2, 0.25) is 10.0 Å². The summed E-state index contributed by atoms with van der Waals surface area (Å²) in [5.74, 6) is 0. The Morgan fingerprint density at radius 2 is 1.90 bits per heavy atom. The monoisotopic (exact) mass is 435 g/mol. The molecule has 10 heteroatoms. The topological polar surface area (TPSA) is 110 Å². The van der Waals surface area contributed by atoms with Crippen molar-refractivity contribution in [2.45, 2.75) is 57.4 Å². The molecular formula is C20H29N5O4S. The molecular weight excluding hydrogens is 406 g/mol. The fourth-order valence-corrected chi connectivity index (χ4v) is 5.60. The Bertz CT molecular complexity index is 1040. The van der Waals surface area contributed by atoms with Crippen LogP contribution in [0.4, 0.5) is 11.4 Å². The van der Waals surface area contributed by atoms with Crippen LogP contribution >= 0.6 is 0 Å². The normalized spacial score (nSPS) is 16.4. The number of nitrogens with zero attached hydrogens (tertiary/aromatic N) is 4. The van der Waals surface area contributed by atoms with Gasteiger partial charge in [-0.15, -0.1) is 0 Å². The van der Waals surface area contributed by atoms with Gasteiger partial charge in [-0.05, 0) is 45.2 Å². The molecule has 3 rings (SSSR count). The lowest BCUT2D eigenvalue weighted by Crippen LogP contribution is -2.35. The van der Waals surface area contributed by atoms with Crippen molar-refractivity contribution in [2.75, 3.05) is 18.4 Å². The SMILES string of the molecule is CCC(Nc1ccc(S(=O)(=O)N2CCCCC2)cc1[N+](=O)[O-])c1c(C)nn(C)c1C. The molecule has 0 amide bonds. The third-order valence-electron chi connectivity index (χ3n) is 5.77. The summed E-state index contributed by atoms with van der Waals surface area (Å²) in [6.45, 7) is 6.77. The largest absolute Gasteiger partial charge is 0.373 e. The fraction of sp³-hybridized carbons (Fsp3) is 0.550. The van der Waals surface area contributed by atoms with E-state index in [9.17, 15) is 18.5 Å². The number of aryl methyl sites for hydroxylation is 2. The molecule has 1 unspecified atom stereocenters. The van der Waals surface area contributed by atoms with E-state index in [2.05, 4.69) is 10.4 Å². The summed E-state index contributed by atoms with van der Waals surface area (Å²) in [6, 6.07) is 3.94. The second-order valence-electron chi connectivity index (χ2n) is 7.71. The number of hydrogen-bond donors (Lipinski definition) is 1. The highest BCUT2D eigenvalue weighted by Crippen LogP contribution is 2.34. The minimum Gasteiger partial charge on any atom is -0.373 e. The quantitative estimate of drug-likeness (QED) is 0.525. The van der Waals surface area contributed by atoms with Crippen molar-refractivity contribution >= 4 is 21.4 Å². The predicted molar refractivity (Wildman–Crippen MR) is 115 cm³/mol. The zero-order chi connectivity index (χ0) is 22.1. The molecule has 0 saturated carbocycles. The summed E-state index contributed by atoms with van der Waals surface area (Å²) in [4.78, 5) is 11.2. The molecule has 2 heterocycles. The molecule has 1 aromatic heterocycles. The van der Waals surface area contributed by atoms with Gasteiger partial charge in [-0.1, -0.05) is 13.3 Å². The van der Waals surface area contributed by atoms with Crippen molar-refractivity contribution in [1.29, 1.82) is 0 Å². The van der Waals surface area contributed by atoms with Crippen molar-refractivity contribution in [3.8, 4) is 0 Å². The number of piperidine rings is 1.